The van der Waals surface area contributed by atoms with Gasteiger partial charge in [0, 0.05) is 11.1 Å². The van der Waals surface area contributed by atoms with Gasteiger partial charge in [-0.2, -0.15) is 0 Å². The Kier molecular flexibility index (Phi) is 3.29. The third kappa shape index (κ3) is 2.23. The van der Waals surface area contributed by atoms with Crippen molar-refractivity contribution >= 4 is 17.6 Å². The molecule has 2 aromatic rings. The number of aromatic nitrogens is 1. The first-order chi connectivity index (χ1) is 10.1. The van der Waals surface area contributed by atoms with E-state index in [9.17, 15) is 9.59 Å². The fourth-order valence-electron chi connectivity index (χ4n) is 2.51. The molecule has 0 unspecified atom stereocenters. The van der Waals surface area contributed by atoms with Crippen LogP contribution in [0.4, 0.5) is 0 Å². The van der Waals surface area contributed by atoms with Gasteiger partial charge in [-0.1, -0.05) is 43.2 Å². The second kappa shape index (κ2) is 5.13. The maximum Gasteiger partial charge on any atom is 0.231 e. The minimum Gasteiger partial charge on any atom is -0.432 e. The molecule has 0 amide bonds. The molecule has 0 spiro atoms. The van der Waals surface area contributed by atoms with Crippen molar-refractivity contribution < 1.29 is 14.0 Å². The first-order valence-corrected chi connectivity index (χ1v) is 6.98. The van der Waals surface area contributed by atoms with Gasteiger partial charge in [0.25, 0.3) is 0 Å². The van der Waals surface area contributed by atoms with Gasteiger partial charge in [-0.25, -0.2) is 4.98 Å². The van der Waals surface area contributed by atoms with Gasteiger partial charge in [-0.05, 0) is 19.4 Å². The standard InChI is InChI=1S/C17H15NO3/c1-3-6-10(2)9-13-18-14-15(19)11-7-4-5-8-12(11)16(20)17(14)21-13/h4-5,7-9H,3,6H2,1-2H3/b10-9+. The van der Waals surface area contributed by atoms with E-state index in [1.807, 2.05) is 6.92 Å². The molecule has 106 valence electrons. The van der Waals surface area contributed by atoms with Crippen molar-refractivity contribution in [3.8, 4) is 0 Å². The Balaban J connectivity index is 2.07. The van der Waals surface area contributed by atoms with Crippen LogP contribution in [0.15, 0.2) is 34.3 Å². The number of hydrogen-bond donors (Lipinski definition) is 0. The second-order valence-corrected chi connectivity index (χ2v) is 5.17. The SMILES string of the molecule is CCC/C(C)=C/c1nc2c(o1)C(=O)c1ccccc1C2=O. The molecule has 0 bridgehead atoms. The lowest BCUT2D eigenvalue weighted by Crippen LogP contribution is -2.19. The Morgan fingerprint density at radius 2 is 1.86 bits per heavy atom. The molecule has 0 saturated carbocycles. The monoisotopic (exact) mass is 281 g/mol. The molecule has 1 aliphatic rings. The number of nitrogens with zero attached hydrogens (tertiary/aromatic N) is 1. The van der Waals surface area contributed by atoms with E-state index in [1.165, 1.54) is 0 Å². The van der Waals surface area contributed by atoms with Crippen LogP contribution in [-0.4, -0.2) is 16.6 Å². The van der Waals surface area contributed by atoms with Crippen molar-refractivity contribution in [2.75, 3.05) is 0 Å². The number of allylic oxidation sites excluding steroid dienone is 1. The molecule has 1 aromatic heterocycles. The molecular formula is C17H15NO3. The number of fused-ring (bicyclic) bond motifs is 2. The third-order valence-electron chi connectivity index (χ3n) is 3.50. The summed E-state index contributed by atoms with van der Waals surface area (Å²) in [6.45, 7) is 4.06. The summed E-state index contributed by atoms with van der Waals surface area (Å²) in [5.41, 5.74) is 2.00. The molecule has 0 saturated heterocycles. The van der Waals surface area contributed by atoms with E-state index in [0.717, 1.165) is 18.4 Å². The maximum absolute atomic E-state index is 12.4. The van der Waals surface area contributed by atoms with Crippen molar-refractivity contribution in [3.05, 3.63) is 58.3 Å². The van der Waals surface area contributed by atoms with Crippen LogP contribution in [0, 0.1) is 0 Å². The van der Waals surface area contributed by atoms with Crippen molar-refractivity contribution in [2.45, 2.75) is 26.7 Å². The molecule has 21 heavy (non-hydrogen) atoms. The van der Waals surface area contributed by atoms with Gasteiger partial charge >= 0.3 is 0 Å². The summed E-state index contributed by atoms with van der Waals surface area (Å²) < 4.78 is 5.50. The number of rotatable bonds is 3. The molecule has 0 aliphatic heterocycles. The zero-order chi connectivity index (χ0) is 15.0. The number of benzene rings is 1. The number of carbonyl (C=O) groups is 2. The minimum atomic E-state index is -0.277. The zero-order valence-electron chi connectivity index (χ0n) is 12.0. The van der Waals surface area contributed by atoms with Crippen LogP contribution < -0.4 is 0 Å². The fourth-order valence-corrected chi connectivity index (χ4v) is 2.51. The number of hydrogen-bond acceptors (Lipinski definition) is 4. The largest absolute Gasteiger partial charge is 0.432 e. The highest BCUT2D eigenvalue weighted by Crippen LogP contribution is 2.28. The van der Waals surface area contributed by atoms with E-state index in [4.69, 9.17) is 4.42 Å². The Bertz CT molecular complexity index is 716. The van der Waals surface area contributed by atoms with Crippen LogP contribution in [0.3, 0.4) is 0 Å². The molecule has 0 radical (unpaired) electrons. The topological polar surface area (TPSA) is 60.2 Å². The zero-order valence-corrected chi connectivity index (χ0v) is 12.0. The van der Waals surface area contributed by atoms with Crippen LogP contribution >= 0.6 is 0 Å². The Hall–Kier alpha value is -2.49. The van der Waals surface area contributed by atoms with Gasteiger partial charge in [0.1, 0.15) is 0 Å². The van der Waals surface area contributed by atoms with Gasteiger partial charge in [-0.15, -0.1) is 0 Å². The van der Waals surface area contributed by atoms with Gasteiger partial charge in [0.2, 0.25) is 23.2 Å². The summed E-state index contributed by atoms with van der Waals surface area (Å²) in [5.74, 6) is -0.160. The van der Waals surface area contributed by atoms with Crippen LogP contribution in [0.25, 0.3) is 6.08 Å². The highest BCUT2D eigenvalue weighted by Gasteiger charge is 2.34. The van der Waals surface area contributed by atoms with Gasteiger partial charge < -0.3 is 4.42 Å². The first kappa shape index (κ1) is 13.5. The van der Waals surface area contributed by atoms with Crippen molar-refractivity contribution in [2.24, 2.45) is 0 Å². The fraction of sp³-hybridized carbons (Fsp3) is 0.235. The average Bonchev–Trinajstić information content (AvgIpc) is 2.89. The number of ketones is 2. The molecule has 1 aliphatic carbocycles. The number of oxazole rings is 1. The summed E-state index contributed by atoms with van der Waals surface area (Å²) in [7, 11) is 0. The summed E-state index contributed by atoms with van der Waals surface area (Å²) in [6.07, 6.45) is 3.73. The normalized spacial score (nSPS) is 14.1. The molecule has 0 N–H and O–H groups in total. The molecule has 4 nitrogen and oxygen atoms in total. The van der Waals surface area contributed by atoms with Gasteiger partial charge in [-0.3, -0.25) is 9.59 Å². The second-order valence-electron chi connectivity index (χ2n) is 5.17. The van der Waals surface area contributed by atoms with Gasteiger partial charge in [0.05, 0.1) is 0 Å². The average molecular weight is 281 g/mol. The lowest BCUT2D eigenvalue weighted by molar-refractivity contribution is 0.0958. The molecule has 0 fully saturated rings. The van der Waals surface area contributed by atoms with E-state index < -0.39 is 0 Å². The highest BCUT2D eigenvalue weighted by atomic mass is 16.4. The van der Waals surface area contributed by atoms with E-state index in [1.54, 1.807) is 30.3 Å². The maximum atomic E-state index is 12.4. The summed E-state index contributed by atoms with van der Waals surface area (Å²) in [4.78, 5) is 28.9. The lowest BCUT2D eigenvalue weighted by atomic mass is 9.91. The molecule has 1 heterocycles. The van der Waals surface area contributed by atoms with Crippen molar-refractivity contribution in [1.82, 2.24) is 4.98 Å². The molecule has 1 aromatic carbocycles. The van der Waals surface area contributed by atoms with Crippen LogP contribution in [-0.2, 0) is 0 Å². The smallest absolute Gasteiger partial charge is 0.231 e. The van der Waals surface area contributed by atoms with Crippen LogP contribution in [0.5, 0.6) is 0 Å². The summed E-state index contributed by atoms with van der Waals surface area (Å²) >= 11 is 0. The quantitative estimate of drug-likeness (QED) is 0.735. The minimum absolute atomic E-state index is 0.0502. The van der Waals surface area contributed by atoms with E-state index in [-0.39, 0.29) is 23.0 Å². The van der Waals surface area contributed by atoms with E-state index in [2.05, 4.69) is 11.9 Å². The summed E-state index contributed by atoms with van der Waals surface area (Å²) in [6, 6.07) is 6.75. The van der Waals surface area contributed by atoms with Crippen molar-refractivity contribution in [1.29, 1.82) is 0 Å². The van der Waals surface area contributed by atoms with Crippen LogP contribution in [0.2, 0.25) is 0 Å². The number of carbonyl (C=O) groups excluding carboxylic acids is 2. The van der Waals surface area contributed by atoms with E-state index in [0.29, 0.717) is 17.0 Å². The Labute approximate surface area is 122 Å². The Morgan fingerprint density at radius 1 is 1.19 bits per heavy atom. The highest BCUT2D eigenvalue weighted by molar-refractivity contribution is 6.26. The summed E-state index contributed by atoms with van der Waals surface area (Å²) in [5, 5.41) is 0. The molecule has 3 rings (SSSR count). The molecule has 0 atom stereocenters. The Morgan fingerprint density at radius 3 is 2.52 bits per heavy atom. The predicted octanol–water partition coefficient (Wildman–Crippen LogP) is 3.65. The predicted molar refractivity (Wildman–Crippen MR) is 78.4 cm³/mol. The first-order valence-electron chi connectivity index (χ1n) is 6.98. The lowest BCUT2D eigenvalue weighted by Gasteiger charge is -2.10. The molecule has 4 heteroatoms. The molecular weight excluding hydrogens is 266 g/mol. The van der Waals surface area contributed by atoms with Gasteiger partial charge in [0.15, 0.2) is 5.69 Å². The van der Waals surface area contributed by atoms with Crippen molar-refractivity contribution in [3.63, 3.8) is 0 Å². The van der Waals surface area contributed by atoms with Crippen LogP contribution in [0.1, 0.15) is 64.7 Å². The third-order valence-corrected chi connectivity index (χ3v) is 3.50. The van der Waals surface area contributed by atoms with E-state index >= 15 is 0 Å².